The summed E-state index contributed by atoms with van der Waals surface area (Å²) in [6.45, 7) is 7.12. The Balaban J connectivity index is 3.30. The van der Waals surface area contributed by atoms with Crippen LogP contribution in [-0.2, 0) is 0 Å². The van der Waals surface area contributed by atoms with Crippen LogP contribution in [0.15, 0.2) is 19.4 Å². The minimum absolute atomic E-state index is 0.288. The zero-order chi connectivity index (χ0) is 8.97. The van der Waals surface area contributed by atoms with Gasteiger partial charge in [0.1, 0.15) is 6.07 Å². The summed E-state index contributed by atoms with van der Waals surface area (Å²) in [7, 11) is 0. The third kappa shape index (κ3) is 1.38. The molecule has 0 N–H and O–H groups in total. The molecule has 12 heavy (non-hydrogen) atoms. The molecule has 0 fully saturated rings. The number of hydrogen-bond donors (Lipinski definition) is 0. The van der Waals surface area contributed by atoms with Gasteiger partial charge >= 0.3 is 0 Å². The second kappa shape index (κ2) is 3.44. The fourth-order valence-corrected chi connectivity index (χ4v) is 0.774. The fraction of sp³-hybridized carbons (Fsp3) is 0. The van der Waals surface area contributed by atoms with Crippen molar-refractivity contribution in [3.63, 3.8) is 0 Å². The van der Waals surface area contributed by atoms with Gasteiger partial charge in [0.15, 0.2) is 5.69 Å². The lowest BCUT2D eigenvalue weighted by Gasteiger charge is -1.97. The highest BCUT2D eigenvalue weighted by Gasteiger charge is 1.99. The van der Waals surface area contributed by atoms with Crippen molar-refractivity contribution in [1.29, 1.82) is 5.26 Å². The number of nitrogens with zero attached hydrogens (tertiary/aromatic N) is 3. The van der Waals surface area contributed by atoms with E-state index < -0.39 is 0 Å². The first-order chi connectivity index (χ1) is 5.81. The van der Waals surface area contributed by atoms with Crippen molar-refractivity contribution in [3.8, 4) is 6.07 Å². The first-order valence-electron chi connectivity index (χ1n) is 3.34. The third-order valence-electron chi connectivity index (χ3n) is 1.33. The van der Waals surface area contributed by atoms with E-state index in [0.717, 1.165) is 0 Å². The lowest BCUT2D eigenvalue weighted by atomic mass is 10.3. The van der Waals surface area contributed by atoms with Gasteiger partial charge in [-0.2, -0.15) is 5.26 Å². The highest BCUT2D eigenvalue weighted by Crippen LogP contribution is 2.05. The smallest absolute Gasteiger partial charge is 0.159 e. The fourth-order valence-electron chi connectivity index (χ4n) is 0.774. The molecule has 3 nitrogen and oxygen atoms in total. The summed E-state index contributed by atoms with van der Waals surface area (Å²) in [5.41, 5.74) is 1.52. The molecule has 1 heterocycles. The Bertz CT molecular complexity index is 361. The lowest BCUT2D eigenvalue weighted by molar-refractivity contribution is 1.13. The molecular weight excluding hydrogens is 150 g/mol. The van der Waals surface area contributed by atoms with Crippen LogP contribution in [0.2, 0.25) is 0 Å². The Kier molecular flexibility index (Phi) is 2.34. The van der Waals surface area contributed by atoms with Crippen LogP contribution in [0.4, 0.5) is 0 Å². The number of rotatable bonds is 2. The molecule has 1 rings (SSSR count). The van der Waals surface area contributed by atoms with Crippen molar-refractivity contribution in [2.24, 2.45) is 0 Å². The lowest BCUT2D eigenvalue weighted by Crippen LogP contribution is -1.93. The van der Waals surface area contributed by atoms with Crippen molar-refractivity contribution >= 4 is 12.2 Å². The van der Waals surface area contributed by atoms with Crippen molar-refractivity contribution < 1.29 is 0 Å². The molecule has 0 aliphatic heterocycles. The summed E-state index contributed by atoms with van der Waals surface area (Å²) >= 11 is 0. The SMILES string of the molecule is C=Cc1ncc(C#N)nc1C=C. The normalized spacial score (nSPS) is 8.58. The van der Waals surface area contributed by atoms with E-state index in [1.165, 1.54) is 6.20 Å². The zero-order valence-corrected chi connectivity index (χ0v) is 6.49. The number of aromatic nitrogens is 2. The predicted molar refractivity (Wildman–Crippen MR) is 46.9 cm³/mol. The van der Waals surface area contributed by atoms with Gasteiger partial charge in [-0.25, -0.2) is 4.98 Å². The second-order valence-corrected chi connectivity index (χ2v) is 2.05. The third-order valence-corrected chi connectivity index (χ3v) is 1.33. The van der Waals surface area contributed by atoms with E-state index in [4.69, 9.17) is 5.26 Å². The van der Waals surface area contributed by atoms with E-state index in [2.05, 4.69) is 23.1 Å². The van der Waals surface area contributed by atoms with Crippen LogP contribution < -0.4 is 0 Å². The van der Waals surface area contributed by atoms with E-state index in [1.807, 2.05) is 6.07 Å². The maximum Gasteiger partial charge on any atom is 0.159 e. The van der Waals surface area contributed by atoms with E-state index in [-0.39, 0.29) is 5.69 Å². The standard InChI is InChI=1S/C9H7N3/c1-3-8-9(4-2)12-7(5-10)6-11-8/h3-4,6H,1-2H2. The molecule has 0 atom stereocenters. The Morgan fingerprint density at radius 1 is 1.33 bits per heavy atom. The zero-order valence-electron chi connectivity index (χ0n) is 6.49. The summed E-state index contributed by atoms with van der Waals surface area (Å²) in [6, 6.07) is 1.90. The van der Waals surface area contributed by atoms with Gasteiger partial charge in [-0.1, -0.05) is 13.2 Å². The van der Waals surface area contributed by atoms with E-state index in [1.54, 1.807) is 12.2 Å². The van der Waals surface area contributed by atoms with Crippen LogP contribution in [-0.4, -0.2) is 9.97 Å². The van der Waals surface area contributed by atoms with Crippen LogP contribution in [0.1, 0.15) is 17.1 Å². The largest absolute Gasteiger partial charge is 0.252 e. The van der Waals surface area contributed by atoms with Crippen LogP contribution >= 0.6 is 0 Å². The Hall–Kier alpha value is -1.95. The maximum atomic E-state index is 8.51. The van der Waals surface area contributed by atoms with E-state index in [0.29, 0.717) is 11.4 Å². The Labute approximate surface area is 70.7 Å². The first kappa shape index (κ1) is 8.15. The van der Waals surface area contributed by atoms with Gasteiger partial charge in [0.25, 0.3) is 0 Å². The average molecular weight is 157 g/mol. The first-order valence-corrected chi connectivity index (χ1v) is 3.34. The van der Waals surface area contributed by atoms with Crippen molar-refractivity contribution in [3.05, 3.63) is 36.4 Å². The molecule has 0 amide bonds. The van der Waals surface area contributed by atoms with Gasteiger partial charge in [-0.15, -0.1) is 0 Å². The monoisotopic (exact) mass is 157 g/mol. The molecule has 1 aromatic rings. The molecule has 0 saturated heterocycles. The van der Waals surface area contributed by atoms with Crippen LogP contribution in [0, 0.1) is 11.3 Å². The van der Waals surface area contributed by atoms with Crippen molar-refractivity contribution in [2.45, 2.75) is 0 Å². The minimum atomic E-state index is 0.288. The molecule has 0 unspecified atom stereocenters. The molecule has 1 aromatic heterocycles. The summed E-state index contributed by atoms with van der Waals surface area (Å²) in [6.07, 6.45) is 4.53. The molecule has 0 aromatic carbocycles. The highest BCUT2D eigenvalue weighted by atomic mass is 14.8. The summed E-state index contributed by atoms with van der Waals surface area (Å²) in [5, 5.41) is 8.51. The quantitative estimate of drug-likeness (QED) is 0.655. The molecule has 0 spiro atoms. The maximum absolute atomic E-state index is 8.51. The van der Waals surface area contributed by atoms with Crippen LogP contribution in [0.5, 0.6) is 0 Å². The van der Waals surface area contributed by atoms with Gasteiger partial charge in [0.2, 0.25) is 0 Å². The Morgan fingerprint density at radius 3 is 2.50 bits per heavy atom. The Morgan fingerprint density at radius 2 is 2.00 bits per heavy atom. The molecule has 58 valence electrons. The molecule has 0 aliphatic rings. The predicted octanol–water partition coefficient (Wildman–Crippen LogP) is 1.63. The van der Waals surface area contributed by atoms with Gasteiger partial charge in [-0.3, -0.25) is 4.98 Å². The second-order valence-electron chi connectivity index (χ2n) is 2.05. The minimum Gasteiger partial charge on any atom is -0.252 e. The van der Waals surface area contributed by atoms with E-state index in [9.17, 15) is 0 Å². The summed E-state index contributed by atoms with van der Waals surface area (Å²) in [4.78, 5) is 7.93. The molecule has 0 saturated carbocycles. The molecule has 0 aliphatic carbocycles. The molecule has 0 bridgehead atoms. The summed E-state index contributed by atoms with van der Waals surface area (Å²) < 4.78 is 0. The number of hydrogen-bond acceptors (Lipinski definition) is 3. The molecule has 3 heteroatoms. The summed E-state index contributed by atoms with van der Waals surface area (Å²) in [5.74, 6) is 0. The molecule has 0 radical (unpaired) electrons. The highest BCUT2D eigenvalue weighted by molar-refractivity contribution is 5.57. The van der Waals surface area contributed by atoms with Crippen LogP contribution in [0.3, 0.4) is 0 Å². The van der Waals surface area contributed by atoms with Crippen molar-refractivity contribution in [2.75, 3.05) is 0 Å². The van der Waals surface area contributed by atoms with Gasteiger partial charge < -0.3 is 0 Å². The average Bonchev–Trinajstić information content (AvgIpc) is 2.16. The van der Waals surface area contributed by atoms with Gasteiger partial charge in [0, 0.05) is 0 Å². The van der Waals surface area contributed by atoms with Crippen LogP contribution in [0.25, 0.3) is 12.2 Å². The number of nitriles is 1. The van der Waals surface area contributed by atoms with E-state index >= 15 is 0 Å². The van der Waals surface area contributed by atoms with Crippen molar-refractivity contribution in [1.82, 2.24) is 9.97 Å². The van der Waals surface area contributed by atoms with Gasteiger partial charge in [-0.05, 0) is 12.2 Å². The molecular formula is C9H7N3. The topological polar surface area (TPSA) is 49.6 Å². The van der Waals surface area contributed by atoms with Gasteiger partial charge in [0.05, 0.1) is 17.6 Å².